The number of carbonyl (C=O) groups excluding carboxylic acids is 1. The van der Waals surface area contributed by atoms with Gasteiger partial charge in [0, 0.05) is 29.2 Å². The van der Waals surface area contributed by atoms with Crippen molar-refractivity contribution in [2.45, 2.75) is 6.54 Å². The van der Waals surface area contributed by atoms with E-state index in [1.807, 2.05) is 48.5 Å². The van der Waals surface area contributed by atoms with E-state index in [9.17, 15) is 4.79 Å². The van der Waals surface area contributed by atoms with Crippen molar-refractivity contribution in [3.8, 4) is 11.4 Å². The van der Waals surface area contributed by atoms with E-state index in [0.717, 1.165) is 22.8 Å². The highest BCUT2D eigenvalue weighted by molar-refractivity contribution is 6.04. The average Bonchev–Trinajstić information content (AvgIpc) is 3.30. The Morgan fingerprint density at radius 2 is 1.74 bits per heavy atom. The van der Waals surface area contributed by atoms with Gasteiger partial charge in [0.25, 0.3) is 5.91 Å². The van der Waals surface area contributed by atoms with Crippen LogP contribution in [0.4, 0.5) is 17.1 Å². The molecule has 0 aliphatic heterocycles. The number of hydrogen-bond donors (Lipinski definition) is 3. The quantitative estimate of drug-likeness (QED) is 0.425. The summed E-state index contributed by atoms with van der Waals surface area (Å²) >= 11 is 0. The summed E-state index contributed by atoms with van der Waals surface area (Å²) in [6.07, 6.45) is 1.80. The number of nitrogens with two attached hydrogens (primary N) is 1. The summed E-state index contributed by atoms with van der Waals surface area (Å²) < 4.78 is 6.80. The number of ether oxygens (including phenoxy) is 1. The number of anilines is 3. The van der Waals surface area contributed by atoms with Crippen molar-refractivity contribution in [2.24, 2.45) is 5.73 Å². The third kappa shape index (κ3) is 4.88. The van der Waals surface area contributed by atoms with Crippen molar-refractivity contribution < 1.29 is 9.53 Å². The fraction of sp³-hybridized carbons (Fsp3) is 0.0870. The molecule has 1 heterocycles. The van der Waals surface area contributed by atoms with E-state index in [2.05, 4.69) is 20.9 Å². The molecule has 4 N–H and O–H groups in total. The van der Waals surface area contributed by atoms with Gasteiger partial charge in [-0.3, -0.25) is 4.79 Å². The summed E-state index contributed by atoms with van der Waals surface area (Å²) in [7, 11) is 1.59. The second-order valence-corrected chi connectivity index (χ2v) is 6.79. The predicted molar refractivity (Wildman–Crippen MR) is 120 cm³/mol. The first-order valence-corrected chi connectivity index (χ1v) is 9.69. The zero-order valence-corrected chi connectivity index (χ0v) is 16.9. The molecule has 0 aliphatic carbocycles. The second-order valence-electron chi connectivity index (χ2n) is 6.79. The number of hydrogen-bond acceptors (Lipinski definition) is 6. The van der Waals surface area contributed by atoms with Crippen molar-refractivity contribution in [3.63, 3.8) is 0 Å². The molecule has 3 aromatic carbocycles. The molecule has 31 heavy (non-hydrogen) atoms. The van der Waals surface area contributed by atoms with Crippen molar-refractivity contribution in [2.75, 3.05) is 17.7 Å². The van der Waals surface area contributed by atoms with Gasteiger partial charge >= 0.3 is 0 Å². The van der Waals surface area contributed by atoms with E-state index in [0.29, 0.717) is 23.5 Å². The highest BCUT2D eigenvalue weighted by Gasteiger charge is 2.07. The summed E-state index contributed by atoms with van der Waals surface area (Å²) in [4.78, 5) is 12.4. The Labute approximate surface area is 179 Å². The number of benzene rings is 3. The van der Waals surface area contributed by atoms with Crippen LogP contribution in [0.5, 0.6) is 5.75 Å². The van der Waals surface area contributed by atoms with Gasteiger partial charge in [0.2, 0.25) is 0 Å². The maximum atomic E-state index is 12.4. The number of amides is 1. The summed E-state index contributed by atoms with van der Waals surface area (Å²) in [6, 6.07) is 22.3. The molecule has 0 aliphatic rings. The lowest BCUT2D eigenvalue weighted by molar-refractivity contribution is 0.102. The monoisotopic (exact) mass is 414 g/mol. The summed E-state index contributed by atoms with van der Waals surface area (Å²) in [5.41, 5.74) is 10.3. The standard InChI is InChI=1S/C23H22N6O2/c1-31-22-11-5-16(6-12-22)23(30)26-18-9-7-17(8-10-18)25-19-3-2-4-21(13-19)29-15-20(14-24)27-28-29/h2-13,15,25H,14,24H2,1H3,(H,26,30). The van der Waals surface area contributed by atoms with Gasteiger partial charge in [-0.15, -0.1) is 5.10 Å². The number of nitrogens with zero attached hydrogens (tertiary/aromatic N) is 3. The topological polar surface area (TPSA) is 107 Å². The molecule has 4 rings (SSSR count). The fourth-order valence-corrected chi connectivity index (χ4v) is 2.99. The van der Waals surface area contributed by atoms with Crippen LogP contribution >= 0.6 is 0 Å². The van der Waals surface area contributed by atoms with E-state index in [-0.39, 0.29) is 5.91 Å². The highest BCUT2D eigenvalue weighted by atomic mass is 16.5. The summed E-state index contributed by atoms with van der Waals surface area (Å²) in [6.45, 7) is 0.347. The first kappa shape index (κ1) is 20.1. The van der Waals surface area contributed by atoms with E-state index in [1.165, 1.54) is 0 Å². The number of rotatable bonds is 7. The van der Waals surface area contributed by atoms with Gasteiger partial charge in [-0.1, -0.05) is 11.3 Å². The molecular formula is C23H22N6O2. The lowest BCUT2D eigenvalue weighted by Gasteiger charge is -2.10. The second kappa shape index (κ2) is 9.10. The molecule has 1 aromatic heterocycles. The molecular weight excluding hydrogens is 392 g/mol. The van der Waals surface area contributed by atoms with Crippen molar-refractivity contribution >= 4 is 23.0 Å². The molecule has 0 spiro atoms. The van der Waals surface area contributed by atoms with Gasteiger partial charge < -0.3 is 21.1 Å². The minimum absolute atomic E-state index is 0.180. The fourth-order valence-electron chi connectivity index (χ4n) is 2.99. The maximum absolute atomic E-state index is 12.4. The molecule has 0 saturated heterocycles. The minimum Gasteiger partial charge on any atom is -0.497 e. The normalized spacial score (nSPS) is 10.5. The molecule has 8 nitrogen and oxygen atoms in total. The molecule has 4 aromatic rings. The van der Waals surface area contributed by atoms with Gasteiger partial charge in [-0.05, 0) is 66.7 Å². The van der Waals surface area contributed by atoms with Gasteiger partial charge in [0.15, 0.2) is 0 Å². The number of aromatic nitrogens is 3. The van der Waals surface area contributed by atoms with Crippen LogP contribution in [0, 0.1) is 0 Å². The van der Waals surface area contributed by atoms with E-state index >= 15 is 0 Å². The lowest BCUT2D eigenvalue weighted by atomic mass is 10.2. The number of carbonyl (C=O) groups is 1. The Bertz CT molecular complexity index is 1170. The van der Waals surface area contributed by atoms with Crippen LogP contribution in [0.1, 0.15) is 16.1 Å². The van der Waals surface area contributed by atoms with Crippen LogP contribution in [-0.4, -0.2) is 28.0 Å². The van der Waals surface area contributed by atoms with Gasteiger partial charge in [0.1, 0.15) is 5.75 Å². The molecule has 0 saturated carbocycles. The maximum Gasteiger partial charge on any atom is 0.255 e. The van der Waals surface area contributed by atoms with Crippen LogP contribution in [0.2, 0.25) is 0 Å². The van der Waals surface area contributed by atoms with Gasteiger partial charge in [-0.25, -0.2) is 4.68 Å². The zero-order chi connectivity index (χ0) is 21.6. The first-order chi connectivity index (χ1) is 15.1. The van der Waals surface area contributed by atoms with Crippen LogP contribution < -0.4 is 21.1 Å². The van der Waals surface area contributed by atoms with Gasteiger partial charge in [0.05, 0.1) is 24.7 Å². The Balaban J connectivity index is 1.41. The predicted octanol–water partition coefficient (Wildman–Crippen LogP) is 3.73. The largest absolute Gasteiger partial charge is 0.497 e. The van der Waals surface area contributed by atoms with Crippen LogP contribution in [0.15, 0.2) is 79.0 Å². The average molecular weight is 414 g/mol. The van der Waals surface area contributed by atoms with Crippen molar-refractivity contribution in [1.29, 1.82) is 0 Å². The SMILES string of the molecule is COc1ccc(C(=O)Nc2ccc(Nc3cccc(-n4cc(CN)nn4)c3)cc2)cc1. The third-order valence-electron chi connectivity index (χ3n) is 4.64. The molecule has 8 heteroatoms. The Hall–Kier alpha value is -4.17. The Morgan fingerprint density at radius 1 is 1.00 bits per heavy atom. The highest BCUT2D eigenvalue weighted by Crippen LogP contribution is 2.22. The molecule has 0 atom stereocenters. The third-order valence-corrected chi connectivity index (χ3v) is 4.64. The minimum atomic E-state index is -0.180. The Kier molecular flexibility index (Phi) is 5.91. The molecule has 156 valence electrons. The van der Waals surface area contributed by atoms with E-state index < -0.39 is 0 Å². The summed E-state index contributed by atoms with van der Waals surface area (Å²) in [5, 5.41) is 14.3. The van der Waals surface area contributed by atoms with Crippen LogP contribution in [0.3, 0.4) is 0 Å². The number of methoxy groups -OCH3 is 1. The van der Waals surface area contributed by atoms with Crippen molar-refractivity contribution in [3.05, 3.63) is 90.3 Å². The number of nitrogens with one attached hydrogen (secondary N) is 2. The Morgan fingerprint density at radius 3 is 2.42 bits per heavy atom. The first-order valence-electron chi connectivity index (χ1n) is 9.69. The van der Waals surface area contributed by atoms with E-state index in [4.69, 9.17) is 10.5 Å². The van der Waals surface area contributed by atoms with Crippen molar-refractivity contribution in [1.82, 2.24) is 15.0 Å². The molecule has 1 amide bonds. The lowest BCUT2D eigenvalue weighted by Crippen LogP contribution is -2.11. The van der Waals surface area contributed by atoms with Gasteiger partial charge in [-0.2, -0.15) is 0 Å². The van der Waals surface area contributed by atoms with Crippen LogP contribution in [-0.2, 0) is 6.54 Å². The molecule has 0 bridgehead atoms. The summed E-state index contributed by atoms with van der Waals surface area (Å²) in [5.74, 6) is 0.528. The molecule has 0 fully saturated rings. The molecule has 0 radical (unpaired) electrons. The zero-order valence-electron chi connectivity index (χ0n) is 16.9. The van der Waals surface area contributed by atoms with Crippen LogP contribution in [0.25, 0.3) is 5.69 Å². The van der Waals surface area contributed by atoms with E-state index in [1.54, 1.807) is 42.3 Å². The molecule has 0 unspecified atom stereocenters. The smallest absolute Gasteiger partial charge is 0.255 e.